The standard InChI is InChI=1S/C17H18N4O2S/c1-23-11-6-3-5-10(9-11)15-14-12(7-4-8-13(14)22)18-16-19-17(24-2)20-21(15)16/h3,5-7,9,14-15H,4,8H2,1-2H3,(H,18,19,20)/t14-,15-/m0/s1. The van der Waals surface area contributed by atoms with E-state index in [0.717, 1.165) is 23.4 Å². The molecule has 6 nitrogen and oxygen atoms in total. The Hall–Kier alpha value is -2.28. The zero-order chi connectivity index (χ0) is 16.7. The topological polar surface area (TPSA) is 69.0 Å². The van der Waals surface area contributed by atoms with Gasteiger partial charge in [-0.15, -0.1) is 5.10 Å². The molecule has 1 aromatic heterocycles. The van der Waals surface area contributed by atoms with Crippen molar-refractivity contribution >= 4 is 23.5 Å². The van der Waals surface area contributed by atoms with Gasteiger partial charge in [0.15, 0.2) is 0 Å². The van der Waals surface area contributed by atoms with Crippen molar-refractivity contribution < 1.29 is 9.53 Å². The zero-order valence-electron chi connectivity index (χ0n) is 13.5. The SMILES string of the molecule is COc1cccc([C@H]2[C@@H]3C(=O)CCC=C3Nc3nc(SC)nn32)c1. The van der Waals surface area contributed by atoms with Crippen LogP contribution in [-0.4, -0.2) is 33.9 Å². The fourth-order valence-electron chi connectivity index (χ4n) is 3.40. The average molecular weight is 342 g/mol. The van der Waals surface area contributed by atoms with Gasteiger partial charge in [-0.25, -0.2) is 4.68 Å². The van der Waals surface area contributed by atoms with Gasteiger partial charge in [0.05, 0.1) is 19.1 Å². The van der Waals surface area contributed by atoms with Gasteiger partial charge in [0.2, 0.25) is 11.1 Å². The van der Waals surface area contributed by atoms with Crippen molar-refractivity contribution in [2.75, 3.05) is 18.7 Å². The van der Waals surface area contributed by atoms with Gasteiger partial charge in [-0.1, -0.05) is 30.0 Å². The summed E-state index contributed by atoms with van der Waals surface area (Å²) in [6.45, 7) is 0. The van der Waals surface area contributed by atoms with Crippen molar-refractivity contribution in [3.8, 4) is 5.75 Å². The first-order valence-corrected chi connectivity index (χ1v) is 9.08. The molecule has 1 aliphatic carbocycles. The van der Waals surface area contributed by atoms with Crippen LogP contribution in [-0.2, 0) is 4.79 Å². The van der Waals surface area contributed by atoms with Gasteiger partial charge in [0, 0.05) is 12.1 Å². The van der Waals surface area contributed by atoms with E-state index in [9.17, 15) is 4.79 Å². The molecule has 7 heteroatoms. The molecular weight excluding hydrogens is 324 g/mol. The van der Waals surface area contributed by atoms with Crippen molar-refractivity contribution in [1.29, 1.82) is 0 Å². The van der Waals surface area contributed by atoms with Crippen molar-refractivity contribution in [3.05, 3.63) is 41.6 Å². The summed E-state index contributed by atoms with van der Waals surface area (Å²) in [5, 5.41) is 8.58. The minimum Gasteiger partial charge on any atom is -0.497 e. The van der Waals surface area contributed by atoms with E-state index in [1.54, 1.807) is 7.11 Å². The van der Waals surface area contributed by atoms with Gasteiger partial charge in [-0.05, 0) is 30.4 Å². The molecule has 0 saturated heterocycles. The number of fused-ring (bicyclic) bond motifs is 2. The van der Waals surface area contributed by atoms with Gasteiger partial charge in [-0.3, -0.25) is 4.79 Å². The molecule has 2 atom stereocenters. The van der Waals surface area contributed by atoms with Crippen molar-refractivity contribution in [2.24, 2.45) is 5.92 Å². The lowest BCUT2D eigenvalue weighted by Crippen LogP contribution is -2.38. The van der Waals surface area contributed by atoms with Gasteiger partial charge in [0.25, 0.3) is 0 Å². The lowest BCUT2D eigenvalue weighted by molar-refractivity contribution is -0.123. The highest BCUT2D eigenvalue weighted by Gasteiger charge is 2.41. The number of carbonyl (C=O) groups is 1. The number of methoxy groups -OCH3 is 1. The molecule has 4 rings (SSSR count). The van der Waals surface area contributed by atoms with Crippen LogP contribution in [0.2, 0.25) is 0 Å². The molecule has 1 N–H and O–H groups in total. The van der Waals surface area contributed by atoms with E-state index in [0.29, 0.717) is 17.5 Å². The molecule has 0 amide bonds. The second-order valence-corrected chi connectivity index (χ2v) is 6.63. The Labute approximate surface area is 144 Å². The number of aromatic nitrogens is 3. The second kappa shape index (κ2) is 5.98. The van der Waals surface area contributed by atoms with Crippen LogP contribution in [0.4, 0.5) is 5.95 Å². The number of Topliss-reactive ketones (excluding diaryl/α,β-unsaturated/α-hetero) is 1. The summed E-state index contributed by atoms with van der Waals surface area (Å²) in [5.74, 6) is 1.44. The number of benzene rings is 1. The highest BCUT2D eigenvalue weighted by Crippen LogP contribution is 2.42. The number of nitrogens with zero attached hydrogens (tertiary/aromatic N) is 3. The molecule has 2 heterocycles. The Kier molecular flexibility index (Phi) is 3.80. The van der Waals surface area contributed by atoms with E-state index >= 15 is 0 Å². The fourth-order valence-corrected chi connectivity index (χ4v) is 3.75. The van der Waals surface area contributed by atoms with E-state index in [2.05, 4.69) is 21.5 Å². The summed E-state index contributed by atoms with van der Waals surface area (Å²) in [4.78, 5) is 17.2. The van der Waals surface area contributed by atoms with Gasteiger partial charge in [-0.2, -0.15) is 4.98 Å². The number of carbonyl (C=O) groups excluding carboxylic acids is 1. The number of hydrogen-bond acceptors (Lipinski definition) is 6. The Morgan fingerprint density at radius 3 is 3.08 bits per heavy atom. The minimum absolute atomic E-state index is 0.205. The zero-order valence-corrected chi connectivity index (χ0v) is 14.3. The Bertz CT molecular complexity index is 830. The number of allylic oxidation sites excluding steroid dienone is 2. The Balaban J connectivity index is 1.89. The normalized spacial score (nSPS) is 22.2. The Morgan fingerprint density at radius 1 is 1.42 bits per heavy atom. The summed E-state index contributed by atoms with van der Waals surface area (Å²) in [5.41, 5.74) is 1.94. The minimum atomic E-state index is -0.255. The lowest BCUT2D eigenvalue weighted by Gasteiger charge is -2.36. The van der Waals surface area contributed by atoms with Crippen molar-refractivity contribution in [3.63, 3.8) is 0 Å². The predicted molar refractivity (Wildman–Crippen MR) is 92.4 cm³/mol. The van der Waals surface area contributed by atoms with Crippen LogP contribution in [0.1, 0.15) is 24.4 Å². The van der Waals surface area contributed by atoms with E-state index in [4.69, 9.17) is 4.74 Å². The smallest absolute Gasteiger partial charge is 0.227 e. The van der Waals surface area contributed by atoms with Crippen LogP contribution in [0.25, 0.3) is 0 Å². The summed E-state index contributed by atoms with van der Waals surface area (Å²) in [7, 11) is 1.64. The highest BCUT2D eigenvalue weighted by atomic mass is 32.2. The molecule has 2 aliphatic rings. The number of ether oxygens (including phenoxy) is 1. The number of hydrogen-bond donors (Lipinski definition) is 1. The predicted octanol–water partition coefficient (Wildman–Crippen LogP) is 2.89. The van der Waals surface area contributed by atoms with Crippen LogP contribution in [0.3, 0.4) is 0 Å². The quantitative estimate of drug-likeness (QED) is 0.865. The molecule has 24 heavy (non-hydrogen) atoms. The van der Waals surface area contributed by atoms with E-state index < -0.39 is 0 Å². The van der Waals surface area contributed by atoms with E-state index in [-0.39, 0.29) is 17.7 Å². The number of anilines is 1. The summed E-state index contributed by atoms with van der Waals surface area (Å²) in [6, 6.07) is 7.63. The van der Waals surface area contributed by atoms with Crippen molar-refractivity contribution in [1.82, 2.24) is 14.8 Å². The fraction of sp³-hybridized carbons (Fsp3) is 0.353. The van der Waals surface area contributed by atoms with Crippen LogP contribution in [0, 0.1) is 5.92 Å². The van der Waals surface area contributed by atoms with Gasteiger partial charge in [0.1, 0.15) is 11.5 Å². The van der Waals surface area contributed by atoms with Gasteiger partial charge >= 0.3 is 0 Å². The maximum atomic E-state index is 12.7. The van der Waals surface area contributed by atoms with Crippen LogP contribution < -0.4 is 10.1 Å². The monoisotopic (exact) mass is 342 g/mol. The molecule has 2 aromatic rings. The number of ketones is 1. The molecule has 0 radical (unpaired) electrons. The molecule has 1 aliphatic heterocycles. The molecule has 0 saturated carbocycles. The average Bonchev–Trinajstić information content (AvgIpc) is 3.03. The Morgan fingerprint density at radius 2 is 2.29 bits per heavy atom. The maximum absolute atomic E-state index is 12.7. The summed E-state index contributed by atoms with van der Waals surface area (Å²) < 4.78 is 7.20. The first-order chi connectivity index (χ1) is 11.7. The lowest BCUT2D eigenvalue weighted by atomic mass is 9.81. The summed E-state index contributed by atoms with van der Waals surface area (Å²) in [6.07, 6.45) is 5.39. The van der Waals surface area contributed by atoms with Crippen LogP contribution in [0.15, 0.2) is 41.2 Å². The largest absolute Gasteiger partial charge is 0.497 e. The van der Waals surface area contributed by atoms with Crippen LogP contribution >= 0.6 is 11.8 Å². The maximum Gasteiger partial charge on any atom is 0.227 e. The number of thioether (sulfide) groups is 1. The first kappa shape index (κ1) is 15.3. The van der Waals surface area contributed by atoms with E-state index in [1.807, 2.05) is 35.2 Å². The molecule has 1 aromatic carbocycles. The summed E-state index contributed by atoms with van der Waals surface area (Å²) >= 11 is 1.49. The molecule has 124 valence electrons. The van der Waals surface area contributed by atoms with Crippen LogP contribution in [0.5, 0.6) is 5.75 Å². The third kappa shape index (κ3) is 2.39. The van der Waals surface area contributed by atoms with Crippen molar-refractivity contribution in [2.45, 2.75) is 24.0 Å². The van der Waals surface area contributed by atoms with E-state index in [1.165, 1.54) is 11.8 Å². The highest BCUT2D eigenvalue weighted by molar-refractivity contribution is 7.98. The third-order valence-electron chi connectivity index (χ3n) is 4.50. The number of rotatable bonds is 3. The first-order valence-electron chi connectivity index (χ1n) is 7.85. The second-order valence-electron chi connectivity index (χ2n) is 5.86. The molecule has 0 fully saturated rings. The molecule has 0 unspecified atom stereocenters. The number of nitrogens with one attached hydrogen (secondary N) is 1. The molecule has 0 bridgehead atoms. The third-order valence-corrected chi connectivity index (χ3v) is 5.04. The molecular formula is C17H18N4O2S. The molecule has 0 spiro atoms. The van der Waals surface area contributed by atoms with Gasteiger partial charge < -0.3 is 10.1 Å².